The van der Waals surface area contributed by atoms with Crippen LogP contribution in [-0.4, -0.2) is 45.3 Å². The third-order valence-corrected chi connectivity index (χ3v) is 4.82. The SMILES string of the molecule is Cn1cnnc1[C@@H]1CN(C(=O)[C@H]2C[C@@H]2c2ccc(F)cc2)CCO1. The van der Waals surface area contributed by atoms with Gasteiger partial charge in [-0.25, -0.2) is 4.39 Å². The summed E-state index contributed by atoms with van der Waals surface area (Å²) in [7, 11) is 1.87. The predicted molar refractivity (Wildman–Crippen MR) is 83.5 cm³/mol. The van der Waals surface area contributed by atoms with Gasteiger partial charge in [-0.1, -0.05) is 12.1 Å². The van der Waals surface area contributed by atoms with Crippen LogP contribution in [0.15, 0.2) is 30.6 Å². The van der Waals surface area contributed by atoms with Crippen LogP contribution in [-0.2, 0) is 16.6 Å². The highest BCUT2D eigenvalue weighted by Gasteiger charge is 2.46. The van der Waals surface area contributed by atoms with Crippen LogP contribution in [0.1, 0.15) is 29.8 Å². The van der Waals surface area contributed by atoms with Crippen LogP contribution in [0.4, 0.5) is 4.39 Å². The Balaban J connectivity index is 1.42. The molecule has 6 nitrogen and oxygen atoms in total. The summed E-state index contributed by atoms with van der Waals surface area (Å²) in [6.45, 7) is 1.59. The van der Waals surface area contributed by atoms with Gasteiger partial charge < -0.3 is 14.2 Å². The fourth-order valence-electron chi connectivity index (χ4n) is 3.37. The van der Waals surface area contributed by atoms with Gasteiger partial charge in [0.05, 0.1) is 13.2 Å². The first-order chi connectivity index (χ1) is 11.6. The van der Waals surface area contributed by atoms with Gasteiger partial charge in [-0.2, -0.15) is 0 Å². The number of hydrogen-bond acceptors (Lipinski definition) is 4. The number of nitrogens with zero attached hydrogens (tertiary/aromatic N) is 4. The molecule has 0 N–H and O–H groups in total. The van der Waals surface area contributed by atoms with Crippen molar-refractivity contribution in [3.63, 3.8) is 0 Å². The zero-order chi connectivity index (χ0) is 16.7. The molecule has 0 radical (unpaired) electrons. The standard InChI is InChI=1S/C17H19FN4O2/c1-21-10-19-20-16(21)15-9-22(6-7-24-15)17(23)14-8-13(14)11-2-4-12(18)5-3-11/h2-5,10,13-15H,6-9H2,1H3/t13-,14+,15+/m1/s1. The van der Waals surface area contributed by atoms with Gasteiger partial charge in [-0.3, -0.25) is 4.79 Å². The van der Waals surface area contributed by atoms with E-state index in [4.69, 9.17) is 4.74 Å². The molecule has 1 saturated carbocycles. The lowest BCUT2D eigenvalue weighted by Crippen LogP contribution is -2.43. The molecular formula is C17H19FN4O2. The van der Waals surface area contributed by atoms with Crippen LogP contribution in [0.2, 0.25) is 0 Å². The summed E-state index contributed by atoms with van der Waals surface area (Å²) in [5.41, 5.74) is 1.04. The number of rotatable bonds is 3. The van der Waals surface area contributed by atoms with Crippen molar-refractivity contribution in [3.05, 3.63) is 47.8 Å². The van der Waals surface area contributed by atoms with Crippen LogP contribution >= 0.6 is 0 Å². The van der Waals surface area contributed by atoms with E-state index in [1.807, 2.05) is 16.5 Å². The van der Waals surface area contributed by atoms with Gasteiger partial charge in [0.25, 0.3) is 0 Å². The molecule has 2 heterocycles. The Hall–Kier alpha value is -2.28. The Morgan fingerprint density at radius 2 is 2.12 bits per heavy atom. The van der Waals surface area contributed by atoms with Gasteiger partial charge in [-0.05, 0) is 30.0 Å². The van der Waals surface area contributed by atoms with E-state index in [1.54, 1.807) is 18.5 Å². The Labute approximate surface area is 139 Å². The molecule has 1 aliphatic carbocycles. The molecule has 24 heavy (non-hydrogen) atoms. The lowest BCUT2D eigenvalue weighted by Gasteiger charge is -2.32. The zero-order valence-corrected chi connectivity index (χ0v) is 13.4. The number of benzene rings is 1. The Morgan fingerprint density at radius 3 is 2.83 bits per heavy atom. The van der Waals surface area contributed by atoms with Crippen molar-refractivity contribution in [3.8, 4) is 0 Å². The number of aryl methyl sites for hydroxylation is 1. The van der Waals surface area contributed by atoms with Crippen LogP contribution in [0.25, 0.3) is 0 Å². The van der Waals surface area contributed by atoms with Crippen molar-refractivity contribution in [1.29, 1.82) is 0 Å². The molecule has 3 atom stereocenters. The normalized spacial score (nSPS) is 26.4. The zero-order valence-electron chi connectivity index (χ0n) is 13.4. The molecule has 2 aromatic rings. The number of hydrogen-bond donors (Lipinski definition) is 0. The number of amides is 1. The average Bonchev–Trinajstić information content (AvgIpc) is 3.28. The molecule has 2 aliphatic rings. The first-order valence-electron chi connectivity index (χ1n) is 8.13. The van der Waals surface area contributed by atoms with Crippen LogP contribution in [0.5, 0.6) is 0 Å². The van der Waals surface area contributed by atoms with E-state index in [9.17, 15) is 9.18 Å². The molecule has 4 rings (SSSR count). The van der Waals surface area contributed by atoms with E-state index in [0.29, 0.717) is 19.7 Å². The van der Waals surface area contributed by atoms with Crippen molar-refractivity contribution in [2.45, 2.75) is 18.4 Å². The average molecular weight is 330 g/mol. The summed E-state index contributed by atoms with van der Waals surface area (Å²) >= 11 is 0. The number of aromatic nitrogens is 3. The van der Waals surface area contributed by atoms with E-state index in [-0.39, 0.29) is 29.7 Å². The maximum absolute atomic E-state index is 13.0. The summed E-state index contributed by atoms with van der Waals surface area (Å²) in [4.78, 5) is 14.6. The van der Waals surface area contributed by atoms with Gasteiger partial charge in [-0.15, -0.1) is 10.2 Å². The van der Waals surface area contributed by atoms with Crippen molar-refractivity contribution in [1.82, 2.24) is 19.7 Å². The third kappa shape index (κ3) is 2.80. The number of carbonyl (C=O) groups excluding carboxylic acids is 1. The van der Waals surface area contributed by atoms with Gasteiger partial charge in [0.2, 0.25) is 5.91 Å². The molecule has 1 aromatic heterocycles. The molecule has 0 bridgehead atoms. The van der Waals surface area contributed by atoms with Crippen molar-refractivity contribution in [2.24, 2.45) is 13.0 Å². The minimum absolute atomic E-state index is 0.00583. The summed E-state index contributed by atoms with van der Waals surface area (Å²) in [6.07, 6.45) is 2.22. The van der Waals surface area contributed by atoms with Crippen molar-refractivity contribution in [2.75, 3.05) is 19.7 Å². The largest absolute Gasteiger partial charge is 0.366 e. The summed E-state index contributed by atoms with van der Waals surface area (Å²) < 4.78 is 20.6. The quantitative estimate of drug-likeness (QED) is 0.859. The van der Waals surface area contributed by atoms with Gasteiger partial charge in [0.1, 0.15) is 18.2 Å². The highest BCUT2D eigenvalue weighted by Crippen LogP contribution is 2.48. The van der Waals surface area contributed by atoms with Gasteiger partial charge in [0.15, 0.2) is 5.82 Å². The Bertz CT molecular complexity index is 745. The highest BCUT2D eigenvalue weighted by atomic mass is 19.1. The fourth-order valence-corrected chi connectivity index (χ4v) is 3.37. The smallest absolute Gasteiger partial charge is 0.226 e. The number of ether oxygens (including phenoxy) is 1. The fraction of sp³-hybridized carbons (Fsp3) is 0.471. The lowest BCUT2D eigenvalue weighted by atomic mass is 10.1. The summed E-state index contributed by atoms with van der Waals surface area (Å²) in [5, 5.41) is 7.95. The van der Waals surface area contributed by atoms with Gasteiger partial charge in [0, 0.05) is 19.5 Å². The van der Waals surface area contributed by atoms with Crippen LogP contribution in [0.3, 0.4) is 0 Å². The molecule has 126 valence electrons. The number of halogens is 1. The maximum Gasteiger partial charge on any atom is 0.226 e. The molecular weight excluding hydrogens is 311 g/mol. The molecule has 1 amide bonds. The molecule has 1 saturated heterocycles. The lowest BCUT2D eigenvalue weighted by molar-refractivity contribution is -0.140. The van der Waals surface area contributed by atoms with E-state index < -0.39 is 0 Å². The Kier molecular flexibility index (Phi) is 3.80. The first-order valence-corrected chi connectivity index (χ1v) is 8.13. The predicted octanol–water partition coefficient (Wildman–Crippen LogP) is 1.66. The molecule has 7 heteroatoms. The second-order valence-corrected chi connectivity index (χ2v) is 6.44. The second kappa shape index (κ2) is 5.98. The maximum atomic E-state index is 13.0. The molecule has 2 fully saturated rings. The topological polar surface area (TPSA) is 60.2 Å². The highest BCUT2D eigenvalue weighted by molar-refractivity contribution is 5.83. The monoisotopic (exact) mass is 330 g/mol. The molecule has 0 spiro atoms. The summed E-state index contributed by atoms with van der Waals surface area (Å²) in [5.74, 6) is 0.836. The minimum atomic E-state index is -0.248. The van der Waals surface area contributed by atoms with Crippen LogP contribution in [0, 0.1) is 11.7 Å². The van der Waals surface area contributed by atoms with E-state index in [1.165, 1.54) is 12.1 Å². The number of carbonyl (C=O) groups is 1. The third-order valence-electron chi connectivity index (χ3n) is 4.82. The molecule has 0 unspecified atom stereocenters. The van der Waals surface area contributed by atoms with E-state index in [2.05, 4.69) is 10.2 Å². The number of morpholine rings is 1. The van der Waals surface area contributed by atoms with Crippen LogP contribution < -0.4 is 0 Å². The van der Waals surface area contributed by atoms with Crippen molar-refractivity contribution >= 4 is 5.91 Å². The van der Waals surface area contributed by atoms with E-state index >= 15 is 0 Å². The van der Waals surface area contributed by atoms with Gasteiger partial charge >= 0.3 is 0 Å². The molecule has 1 aromatic carbocycles. The van der Waals surface area contributed by atoms with Crippen molar-refractivity contribution < 1.29 is 13.9 Å². The first kappa shape index (κ1) is 15.3. The minimum Gasteiger partial charge on any atom is -0.366 e. The summed E-state index contributed by atoms with van der Waals surface area (Å²) in [6, 6.07) is 6.45. The Morgan fingerprint density at radius 1 is 1.33 bits per heavy atom. The molecule has 1 aliphatic heterocycles. The van der Waals surface area contributed by atoms with E-state index in [0.717, 1.165) is 17.8 Å². The second-order valence-electron chi connectivity index (χ2n) is 6.44.